The highest BCUT2D eigenvalue weighted by Gasteiger charge is 2.38. The minimum Gasteiger partial charge on any atom is -0.741 e. The minimum atomic E-state index is -6.09. The minimum absolute atomic E-state index is 1.01. The summed E-state index contributed by atoms with van der Waals surface area (Å²) in [6, 6.07) is 29.2. The average molecular weight is 883 g/mol. The lowest BCUT2D eigenvalue weighted by molar-refractivity contribution is -0.686. The molecule has 0 spiro atoms. The highest BCUT2D eigenvalue weighted by Crippen LogP contribution is 2.41. The van der Waals surface area contributed by atoms with Gasteiger partial charge in [-0.2, -0.15) is 35.5 Å². The summed E-state index contributed by atoms with van der Waals surface area (Å²) in [5.74, 6) is 0. The Morgan fingerprint density at radius 3 is 1.96 bits per heavy atom. The molecular weight excluding hydrogens is 852 g/mol. The van der Waals surface area contributed by atoms with Gasteiger partial charge in [0.2, 0.25) is 16.9 Å². The van der Waals surface area contributed by atoms with Gasteiger partial charge in [0.1, 0.15) is 13.1 Å². The van der Waals surface area contributed by atoms with Gasteiger partial charge in [0, 0.05) is 63.6 Å². The molecule has 0 bridgehead atoms. The number of alkyl halides is 6. The number of aryl methyl sites for hydroxylation is 4. The predicted molar refractivity (Wildman–Crippen MR) is 198 cm³/mol. The van der Waals surface area contributed by atoms with Crippen LogP contribution in [0.25, 0.3) is 56.5 Å². The fraction of sp³-hybridized carbons (Fsp3) is 0.211. The Kier molecular flexibility index (Phi) is 11.5. The van der Waals surface area contributed by atoms with E-state index >= 15 is 0 Å². The number of aromatic amines is 1. The highest BCUT2D eigenvalue weighted by atomic mass is 79.9. The van der Waals surface area contributed by atoms with Crippen LogP contribution in [0.5, 0.6) is 0 Å². The molecule has 1 N–H and O–H groups in total. The number of nitrogens with one attached hydrogen (secondary N) is 1. The summed E-state index contributed by atoms with van der Waals surface area (Å²) in [4.78, 5) is 3.45. The Balaban J connectivity index is 0.000000281. The first-order chi connectivity index (χ1) is 26.2. The van der Waals surface area contributed by atoms with Crippen molar-refractivity contribution >= 4 is 70.1 Å². The van der Waals surface area contributed by atoms with E-state index in [1.165, 1.54) is 61.1 Å². The summed E-state index contributed by atoms with van der Waals surface area (Å²) in [6.07, 6.45) is 13.5. The molecule has 3 aromatic heterocycles. The van der Waals surface area contributed by atoms with Crippen molar-refractivity contribution in [2.45, 2.75) is 49.8 Å². The summed E-state index contributed by atoms with van der Waals surface area (Å²) in [7, 11) is -12.2. The van der Waals surface area contributed by atoms with E-state index in [4.69, 9.17) is 25.9 Å². The third kappa shape index (κ3) is 8.68. The van der Waals surface area contributed by atoms with E-state index in [0.717, 1.165) is 48.8 Å². The zero-order chi connectivity index (χ0) is 40.6. The van der Waals surface area contributed by atoms with E-state index < -0.39 is 31.3 Å². The van der Waals surface area contributed by atoms with Crippen LogP contribution in [0.4, 0.5) is 26.3 Å². The molecule has 9 nitrogen and oxygen atoms in total. The Hall–Kier alpha value is -4.62. The molecular formula is C38H30BrF6N3O6S2. The summed E-state index contributed by atoms with van der Waals surface area (Å²) < 4.78 is 124. The second-order valence-electron chi connectivity index (χ2n) is 12.8. The SMILES string of the molecule is Brc1ccc2c(/C=C/c3cc4ccccc4[n+]4c3-c3c(ccc5c3-c3cccc[n+]3CCC5)CCC4)c[nH]c2c1.O=S(=O)([O-])C(F)(F)F.O=S(=O)([O-])C(F)(F)F. The molecule has 0 fully saturated rings. The smallest absolute Gasteiger partial charge is 0.485 e. The number of aromatic nitrogens is 3. The van der Waals surface area contributed by atoms with Gasteiger partial charge in [-0.05, 0) is 65.9 Å². The van der Waals surface area contributed by atoms with Crippen molar-refractivity contribution in [2.75, 3.05) is 0 Å². The first-order valence-corrected chi connectivity index (χ1v) is 20.4. The molecule has 18 heteroatoms. The molecule has 0 unspecified atom stereocenters. The van der Waals surface area contributed by atoms with E-state index in [1.807, 2.05) is 0 Å². The molecule has 8 rings (SSSR count). The molecule has 0 saturated carbocycles. The molecule has 56 heavy (non-hydrogen) atoms. The van der Waals surface area contributed by atoms with Gasteiger partial charge in [-0.25, -0.2) is 16.8 Å². The maximum Gasteiger partial charge on any atom is 0.485 e. The molecule has 0 saturated heterocycles. The lowest BCUT2D eigenvalue weighted by Gasteiger charge is -2.15. The number of nitrogens with zero attached hydrogens (tertiary/aromatic N) is 2. The molecule has 2 aliphatic rings. The standard InChI is InChI=1S/C36H29BrN3.2CHF3O3S/c37-29-16-17-30-28(23-38-31(30)22-29)15-14-27-21-26-7-1-2-10-32(26)40-20-6-9-25-13-12-24-8-5-19-39-18-4-3-11-33(39)34(24)35(25)36(27)40;2*2-1(3,4)8(5,6)7/h1-4,7,10-18,21-23H,5-6,8-9,19-20H2;2*(H,5,6,7)/q+1;;/p-1. The number of para-hydroxylation sites is 1. The molecule has 3 aromatic carbocycles. The number of pyridine rings is 2. The molecule has 5 heterocycles. The van der Waals surface area contributed by atoms with Gasteiger partial charge in [-0.15, -0.1) is 0 Å². The lowest BCUT2D eigenvalue weighted by Crippen LogP contribution is -2.38. The fourth-order valence-electron chi connectivity index (χ4n) is 6.88. The van der Waals surface area contributed by atoms with Crippen molar-refractivity contribution in [3.05, 3.63) is 118 Å². The number of fused-ring (bicyclic) bond motifs is 10. The Bertz CT molecular complexity index is 2670. The number of H-pyrrole nitrogens is 1. The van der Waals surface area contributed by atoms with E-state index in [0.29, 0.717) is 0 Å². The van der Waals surface area contributed by atoms with Crippen molar-refractivity contribution in [3.8, 4) is 22.5 Å². The van der Waals surface area contributed by atoms with Gasteiger partial charge in [0.25, 0.3) is 0 Å². The number of rotatable bonds is 2. The third-order valence-electron chi connectivity index (χ3n) is 9.25. The van der Waals surface area contributed by atoms with Crippen LogP contribution in [0.3, 0.4) is 0 Å². The van der Waals surface area contributed by atoms with Crippen LogP contribution in [0.1, 0.15) is 35.1 Å². The summed E-state index contributed by atoms with van der Waals surface area (Å²) >= 11 is 3.61. The first-order valence-electron chi connectivity index (χ1n) is 16.8. The van der Waals surface area contributed by atoms with E-state index in [-0.39, 0.29) is 0 Å². The van der Waals surface area contributed by atoms with Gasteiger partial charge >= 0.3 is 11.0 Å². The second kappa shape index (κ2) is 15.7. The normalized spacial score (nSPS) is 14.3. The monoisotopic (exact) mass is 881 g/mol. The van der Waals surface area contributed by atoms with E-state index in [1.54, 1.807) is 0 Å². The van der Waals surface area contributed by atoms with Gasteiger partial charge in [-0.1, -0.05) is 52.3 Å². The quantitative estimate of drug-likeness (QED) is 0.0807. The molecule has 0 atom stereocenters. The first kappa shape index (κ1) is 41.0. The molecule has 6 aromatic rings. The molecule has 0 radical (unpaired) electrons. The topological polar surface area (TPSA) is 138 Å². The third-order valence-corrected chi connectivity index (χ3v) is 10.9. The summed E-state index contributed by atoms with van der Waals surface area (Å²) in [5, 5.41) is 2.52. The van der Waals surface area contributed by atoms with Crippen molar-refractivity contribution in [2.24, 2.45) is 0 Å². The van der Waals surface area contributed by atoms with E-state index in [9.17, 15) is 26.3 Å². The average Bonchev–Trinajstić information content (AvgIpc) is 3.27. The van der Waals surface area contributed by atoms with Crippen molar-refractivity contribution in [1.29, 1.82) is 0 Å². The van der Waals surface area contributed by atoms with Crippen LogP contribution in [-0.4, -0.2) is 41.9 Å². The van der Waals surface area contributed by atoms with Crippen LogP contribution in [0, 0.1) is 0 Å². The zero-order valence-corrected chi connectivity index (χ0v) is 32.1. The van der Waals surface area contributed by atoms with Crippen molar-refractivity contribution in [3.63, 3.8) is 0 Å². The number of hydrogen-bond acceptors (Lipinski definition) is 6. The predicted octanol–water partition coefficient (Wildman–Crippen LogP) is 8.16. The Morgan fingerprint density at radius 1 is 0.714 bits per heavy atom. The molecule has 0 aliphatic carbocycles. The van der Waals surface area contributed by atoms with Gasteiger partial charge < -0.3 is 14.1 Å². The number of halogens is 7. The number of benzene rings is 3. The van der Waals surface area contributed by atoms with Gasteiger partial charge in [0.15, 0.2) is 26.4 Å². The zero-order valence-electron chi connectivity index (χ0n) is 28.9. The van der Waals surface area contributed by atoms with Crippen molar-refractivity contribution in [1.82, 2.24) is 4.98 Å². The Labute approximate surface area is 325 Å². The summed E-state index contributed by atoms with van der Waals surface area (Å²) in [5.41, 5.74) is 2.10. The van der Waals surface area contributed by atoms with Crippen LogP contribution >= 0.6 is 15.9 Å². The fourth-order valence-corrected chi connectivity index (χ4v) is 7.24. The molecule has 2 aliphatic heterocycles. The van der Waals surface area contributed by atoms with Crippen LogP contribution in [0.15, 0.2) is 95.7 Å². The lowest BCUT2D eigenvalue weighted by atomic mass is 9.87. The van der Waals surface area contributed by atoms with Gasteiger partial charge in [-0.3, -0.25) is 0 Å². The number of hydrogen-bond donors (Lipinski definition) is 1. The van der Waals surface area contributed by atoms with Gasteiger partial charge in [0.05, 0.1) is 11.1 Å². The largest absolute Gasteiger partial charge is 0.741 e. The van der Waals surface area contributed by atoms with Crippen LogP contribution in [-0.2, 0) is 46.2 Å². The van der Waals surface area contributed by atoms with E-state index in [2.05, 4.69) is 133 Å². The van der Waals surface area contributed by atoms with Crippen LogP contribution < -0.4 is 9.13 Å². The van der Waals surface area contributed by atoms with Crippen LogP contribution in [0.2, 0.25) is 0 Å². The maximum atomic E-state index is 10.7. The second-order valence-corrected chi connectivity index (χ2v) is 16.5. The summed E-state index contributed by atoms with van der Waals surface area (Å²) in [6.45, 7) is 2.07. The maximum absolute atomic E-state index is 10.7. The molecule has 294 valence electrons. The highest BCUT2D eigenvalue weighted by molar-refractivity contribution is 9.10. The molecule has 0 amide bonds. The Morgan fingerprint density at radius 2 is 1.30 bits per heavy atom. The van der Waals surface area contributed by atoms with Crippen molar-refractivity contribution < 1.29 is 61.4 Å².